The van der Waals surface area contributed by atoms with Crippen LogP contribution in [0.3, 0.4) is 0 Å². The van der Waals surface area contributed by atoms with Crippen LogP contribution in [0.15, 0.2) is 42.6 Å². The SMILES string of the molecule is CN1CCCC1C(=O)N[C@@H](Cc1ccc(F)cc1)C(=O)NCc1ccc(N)nc1. The summed E-state index contributed by atoms with van der Waals surface area (Å²) in [6, 6.07) is 8.37. The number of pyridine rings is 1. The van der Waals surface area contributed by atoms with Crippen molar-refractivity contribution in [2.24, 2.45) is 0 Å². The van der Waals surface area contributed by atoms with E-state index in [0.717, 1.165) is 30.5 Å². The standard InChI is InChI=1S/C21H26FN5O2/c1-27-10-2-3-18(27)21(29)26-17(11-14-4-7-16(22)8-5-14)20(28)25-13-15-6-9-19(23)24-12-15/h4-9,12,17-18H,2-3,10-11,13H2,1H3,(H2,23,24)(H,25,28)(H,26,29)/t17-,18?/m0/s1. The zero-order chi connectivity index (χ0) is 20.8. The maximum Gasteiger partial charge on any atom is 0.243 e. The molecule has 1 saturated heterocycles. The molecule has 2 amide bonds. The van der Waals surface area contributed by atoms with Crippen LogP contribution < -0.4 is 16.4 Å². The summed E-state index contributed by atoms with van der Waals surface area (Å²) < 4.78 is 13.2. The lowest BCUT2D eigenvalue weighted by Crippen LogP contribution is -2.52. The molecule has 2 atom stereocenters. The van der Waals surface area contributed by atoms with E-state index in [9.17, 15) is 14.0 Å². The van der Waals surface area contributed by atoms with E-state index < -0.39 is 6.04 Å². The number of amides is 2. The number of nitrogens with zero attached hydrogens (tertiary/aromatic N) is 2. The Labute approximate surface area is 169 Å². The Balaban J connectivity index is 1.68. The predicted octanol–water partition coefficient (Wildman–Crippen LogP) is 1.24. The van der Waals surface area contributed by atoms with Crippen molar-refractivity contribution in [1.29, 1.82) is 0 Å². The summed E-state index contributed by atoms with van der Waals surface area (Å²) in [5.41, 5.74) is 7.14. The molecule has 8 heteroatoms. The molecule has 0 radical (unpaired) electrons. The third kappa shape index (κ3) is 5.74. The first-order valence-corrected chi connectivity index (χ1v) is 9.65. The minimum atomic E-state index is -0.760. The van der Waals surface area contributed by atoms with E-state index >= 15 is 0 Å². The molecule has 29 heavy (non-hydrogen) atoms. The highest BCUT2D eigenvalue weighted by Gasteiger charge is 2.31. The zero-order valence-electron chi connectivity index (χ0n) is 16.4. The van der Waals surface area contributed by atoms with Crippen molar-refractivity contribution >= 4 is 17.6 Å². The second-order valence-corrected chi connectivity index (χ2v) is 7.34. The summed E-state index contributed by atoms with van der Waals surface area (Å²) in [6.45, 7) is 1.13. The lowest BCUT2D eigenvalue weighted by molar-refractivity contribution is -0.131. The number of likely N-dealkylation sites (N-methyl/N-ethyl adjacent to an activating group) is 1. The van der Waals surface area contributed by atoms with Gasteiger partial charge in [-0.05, 0) is 55.8 Å². The third-order valence-corrected chi connectivity index (χ3v) is 5.12. The van der Waals surface area contributed by atoms with Gasteiger partial charge in [0.05, 0.1) is 6.04 Å². The molecule has 1 aliphatic rings. The molecule has 0 aliphatic carbocycles. The van der Waals surface area contributed by atoms with Gasteiger partial charge in [-0.3, -0.25) is 14.5 Å². The molecule has 4 N–H and O–H groups in total. The summed E-state index contributed by atoms with van der Waals surface area (Å²) >= 11 is 0. The van der Waals surface area contributed by atoms with Crippen molar-refractivity contribution in [2.75, 3.05) is 19.3 Å². The summed E-state index contributed by atoms with van der Waals surface area (Å²) in [7, 11) is 1.90. The highest BCUT2D eigenvalue weighted by atomic mass is 19.1. The van der Waals surface area contributed by atoms with Gasteiger partial charge in [0.25, 0.3) is 0 Å². The van der Waals surface area contributed by atoms with Crippen LogP contribution in [-0.2, 0) is 22.6 Å². The molecule has 1 fully saturated rings. The van der Waals surface area contributed by atoms with Crippen LogP contribution in [-0.4, -0.2) is 47.4 Å². The molecule has 1 unspecified atom stereocenters. The van der Waals surface area contributed by atoms with Crippen LogP contribution in [0.4, 0.5) is 10.2 Å². The molecule has 7 nitrogen and oxygen atoms in total. The number of nitrogens with one attached hydrogen (secondary N) is 2. The van der Waals surface area contributed by atoms with Crippen molar-refractivity contribution in [3.8, 4) is 0 Å². The normalized spacial score (nSPS) is 17.7. The first-order chi connectivity index (χ1) is 13.9. The van der Waals surface area contributed by atoms with Gasteiger partial charge in [-0.2, -0.15) is 0 Å². The Morgan fingerprint density at radius 3 is 2.59 bits per heavy atom. The molecule has 1 aliphatic heterocycles. The molecule has 2 heterocycles. The van der Waals surface area contributed by atoms with Crippen LogP contribution in [0, 0.1) is 5.82 Å². The van der Waals surface area contributed by atoms with Gasteiger partial charge < -0.3 is 16.4 Å². The van der Waals surface area contributed by atoms with Crippen molar-refractivity contribution in [2.45, 2.75) is 37.9 Å². The molecule has 2 aromatic rings. The minimum absolute atomic E-state index is 0.165. The Kier molecular flexibility index (Phi) is 6.77. The van der Waals surface area contributed by atoms with Crippen LogP contribution in [0.25, 0.3) is 0 Å². The lowest BCUT2D eigenvalue weighted by Gasteiger charge is -2.23. The van der Waals surface area contributed by atoms with Crippen LogP contribution in [0.5, 0.6) is 0 Å². The average Bonchev–Trinajstić information content (AvgIpc) is 3.14. The van der Waals surface area contributed by atoms with Crippen LogP contribution >= 0.6 is 0 Å². The number of hydrogen-bond acceptors (Lipinski definition) is 5. The Morgan fingerprint density at radius 2 is 1.97 bits per heavy atom. The van der Waals surface area contributed by atoms with E-state index in [-0.39, 0.29) is 36.6 Å². The molecule has 1 aromatic heterocycles. The monoisotopic (exact) mass is 399 g/mol. The average molecular weight is 399 g/mol. The zero-order valence-corrected chi connectivity index (χ0v) is 16.4. The van der Waals surface area contributed by atoms with Crippen LogP contribution in [0.1, 0.15) is 24.0 Å². The maximum absolute atomic E-state index is 13.2. The van der Waals surface area contributed by atoms with E-state index in [1.807, 2.05) is 11.9 Å². The van der Waals surface area contributed by atoms with E-state index in [1.54, 1.807) is 30.5 Å². The van der Waals surface area contributed by atoms with Gasteiger partial charge in [0, 0.05) is 19.2 Å². The Morgan fingerprint density at radius 1 is 1.24 bits per heavy atom. The second-order valence-electron chi connectivity index (χ2n) is 7.34. The number of aromatic nitrogens is 1. The predicted molar refractivity (Wildman–Crippen MR) is 108 cm³/mol. The van der Waals surface area contributed by atoms with E-state index in [0.29, 0.717) is 5.82 Å². The number of carbonyl (C=O) groups is 2. The van der Waals surface area contributed by atoms with Crippen molar-refractivity contribution < 1.29 is 14.0 Å². The van der Waals surface area contributed by atoms with Gasteiger partial charge in [-0.15, -0.1) is 0 Å². The van der Waals surface area contributed by atoms with Crippen LogP contribution in [0.2, 0.25) is 0 Å². The quantitative estimate of drug-likeness (QED) is 0.651. The highest BCUT2D eigenvalue weighted by Crippen LogP contribution is 2.15. The van der Waals surface area contributed by atoms with Crippen molar-refractivity contribution in [3.63, 3.8) is 0 Å². The third-order valence-electron chi connectivity index (χ3n) is 5.12. The van der Waals surface area contributed by atoms with Gasteiger partial charge >= 0.3 is 0 Å². The minimum Gasteiger partial charge on any atom is -0.384 e. The van der Waals surface area contributed by atoms with Gasteiger partial charge in [0.1, 0.15) is 17.7 Å². The number of anilines is 1. The molecule has 0 spiro atoms. The molecular formula is C21H26FN5O2. The molecule has 0 saturated carbocycles. The summed E-state index contributed by atoms with van der Waals surface area (Å²) in [4.78, 5) is 31.5. The molecule has 1 aromatic carbocycles. The number of hydrogen-bond donors (Lipinski definition) is 3. The first-order valence-electron chi connectivity index (χ1n) is 9.65. The fourth-order valence-electron chi connectivity index (χ4n) is 3.43. The van der Waals surface area contributed by atoms with Gasteiger partial charge in [-0.1, -0.05) is 18.2 Å². The Bertz CT molecular complexity index is 841. The van der Waals surface area contributed by atoms with E-state index in [2.05, 4.69) is 15.6 Å². The number of carbonyl (C=O) groups excluding carboxylic acids is 2. The van der Waals surface area contributed by atoms with Gasteiger partial charge in [-0.25, -0.2) is 9.37 Å². The van der Waals surface area contributed by atoms with E-state index in [4.69, 9.17) is 5.73 Å². The van der Waals surface area contributed by atoms with Gasteiger partial charge in [0.15, 0.2) is 0 Å². The molecule has 0 bridgehead atoms. The number of nitrogens with two attached hydrogens (primary N) is 1. The fraction of sp³-hybridized carbons (Fsp3) is 0.381. The van der Waals surface area contributed by atoms with E-state index in [1.165, 1.54) is 12.1 Å². The number of benzene rings is 1. The largest absolute Gasteiger partial charge is 0.384 e. The highest BCUT2D eigenvalue weighted by molar-refractivity contribution is 5.90. The summed E-state index contributed by atoms with van der Waals surface area (Å²) in [5, 5.41) is 5.71. The summed E-state index contributed by atoms with van der Waals surface area (Å²) in [6.07, 6.45) is 3.59. The molecular weight excluding hydrogens is 373 g/mol. The number of halogens is 1. The Hall–Kier alpha value is -3.00. The second kappa shape index (κ2) is 9.47. The fourth-order valence-corrected chi connectivity index (χ4v) is 3.43. The summed E-state index contributed by atoms with van der Waals surface area (Å²) in [5.74, 6) is -0.411. The smallest absolute Gasteiger partial charge is 0.243 e. The number of likely N-dealkylation sites (tertiary alicyclic amines) is 1. The lowest BCUT2D eigenvalue weighted by atomic mass is 10.0. The van der Waals surface area contributed by atoms with Gasteiger partial charge in [0.2, 0.25) is 11.8 Å². The van der Waals surface area contributed by atoms with Crippen molar-refractivity contribution in [1.82, 2.24) is 20.5 Å². The number of nitrogen functional groups attached to an aromatic ring is 1. The first kappa shape index (κ1) is 20.7. The maximum atomic E-state index is 13.2. The molecule has 154 valence electrons. The molecule has 3 rings (SSSR count). The topological polar surface area (TPSA) is 100 Å². The number of rotatable bonds is 7. The van der Waals surface area contributed by atoms with Crippen molar-refractivity contribution in [3.05, 3.63) is 59.5 Å².